The van der Waals surface area contributed by atoms with E-state index in [-0.39, 0.29) is 12.6 Å². The maximum Gasteiger partial charge on any atom is 0.338 e. The molecule has 8 heteroatoms. The van der Waals surface area contributed by atoms with Crippen molar-refractivity contribution in [2.75, 3.05) is 25.5 Å². The summed E-state index contributed by atoms with van der Waals surface area (Å²) in [5.74, 6) is -1.93. The van der Waals surface area contributed by atoms with Gasteiger partial charge >= 0.3 is 18.0 Å². The highest BCUT2D eigenvalue weighted by atomic mass is 16.5. The van der Waals surface area contributed by atoms with Crippen LogP contribution in [0.3, 0.4) is 0 Å². The van der Waals surface area contributed by atoms with Gasteiger partial charge in [0.1, 0.15) is 0 Å². The van der Waals surface area contributed by atoms with Gasteiger partial charge in [-0.25, -0.2) is 9.59 Å². The van der Waals surface area contributed by atoms with Crippen LogP contribution in [0.5, 0.6) is 0 Å². The van der Waals surface area contributed by atoms with Gasteiger partial charge in [-0.2, -0.15) is 0 Å². The van der Waals surface area contributed by atoms with Crippen LogP contribution in [0, 0.1) is 5.92 Å². The second-order valence-corrected chi connectivity index (χ2v) is 5.65. The van der Waals surface area contributed by atoms with E-state index in [0.29, 0.717) is 35.1 Å². The molecule has 0 saturated carbocycles. The van der Waals surface area contributed by atoms with Crippen LogP contribution in [0.2, 0.25) is 0 Å². The molecule has 1 aromatic heterocycles. The number of carboxylic acid groups (broad SMARTS) is 1. The number of aromatic nitrogens is 1. The number of aliphatic carboxylic acids is 1. The molecule has 3 rings (SSSR count). The van der Waals surface area contributed by atoms with Crippen molar-refractivity contribution >= 4 is 34.6 Å². The molecule has 1 aromatic carbocycles. The van der Waals surface area contributed by atoms with Crippen LogP contribution in [0.4, 0.5) is 10.5 Å². The number of nitrogens with one attached hydrogen (secondary N) is 2. The van der Waals surface area contributed by atoms with E-state index in [2.05, 4.69) is 10.3 Å². The smallest absolute Gasteiger partial charge is 0.338 e. The number of carboxylic acids is 1. The zero-order chi connectivity index (χ0) is 17.3. The van der Waals surface area contributed by atoms with Crippen molar-refractivity contribution in [2.45, 2.75) is 6.42 Å². The largest absolute Gasteiger partial charge is 0.481 e. The van der Waals surface area contributed by atoms with E-state index in [9.17, 15) is 14.4 Å². The Morgan fingerprint density at radius 2 is 2.17 bits per heavy atom. The molecular formula is C16H17N3O5. The molecule has 2 aromatic rings. The predicted octanol–water partition coefficient (Wildman–Crippen LogP) is 1.89. The minimum absolute atomic E-state index is 0.176. The normalized spacial score (nSPS) is 17.0. The number of ether oxygens (including phenoxy) is 1. The second kappa shape index (κ2) is 6.23. The zero-order valence-electron chi connectivity index (χ0n) is 13.0. The van der Waals surface area contributed by atoms with Crippen LogP contribution in [0.25, 0.3) is 10.9 Å². The summed E-state index contributed by atoms with van der Waals surface area (Å²) in [5, 5.41) is 12.4. The highest BCUT2D eigenvalue weighted by Crippen LogP contribution is 2.25. The summed E-state index contributed by atoms with van der Waals surface area (Å²) < 4.78 is 4.77. The summed E-state index contributed by atoms with van der Waals surface area (Å²) in [4.78, 5) is 39.6. The van der Waals surface area contributed by atoms with Crippen LogP contribution < -0.4 is 5.32 Å². The number of hydrogen-bond acceptors (Lipinski definition) is 4. The van der Waals surface area contributed by atoms with Gasteiger partial charge in [0.05, 0.1) is 18.6 Å². The molecule has 24 heavy (non-hydrogen) atoms. The lowest BCUT2D eigenvalue weighted by atomic mass is 10.1. The number of carbonyl (C=O) groups excluding carboxylic acids is 2. The number of amides is 2. The Bertz CT molecular complexity index is 813. The molecule has 0 aliphatic carbocycles. The number of likely N-dealkylation sites (tertiary alicyclic amines) is 1. The number of rotatable bonds is 3. The summed E-state index contributed by atoms with van der Waals surface area (Å²) in [6.07, 6.45) is 2.13. The first-order valence-electron chi connectivity index (χ1n) is 7.47. The van der Waals surface area contributed by atoms with Gasteiger partial charge in [-0.15, -0.1) is 0 Å². The minimum Gasteiger partial charge on any atom is -0.481 e. The number of anilines is 1. The third-order valence-electron chi connectivity index (χ3n) is 4.15. The van der Waals surface area contributed by atoms with E-state index >= 15 is 0 Å². The van der Waals surface area contributed by atoms with Crippen LogP contribution >= 0.6 is 0 Å². The van der Waals surface area contributed by atoms with Gasteiger partial charge in [-0.3, -0.25) is 4.79 Å². The Labute approximate surface area is 137 Å². The molecule has 2 heterocycles. The Hall–Kier alpha value is -3.03. The highest BCUT2D eigenvalue weighted by molar-refractivity contribution is 6.06. The van der Waals surface area contributed by atoms with Crippen molar-refractivity contribution in [3.05, 3.63) is 30.0 Å². The number of aromatic amines is 1. The third-order valence-corrected chi connectivity index (χ3v) is 4.15. The maximum atomic E-state index is 12.3. The third kappa shape index (κ3) is 2.90. The SMILES string of the molecule is COC(=O)c1cc(NC(=O)N2CCC(C(=O)O)C2)cc2[nH]ccc12. The van der Waals surface area contributed by atoms with E-state index in [1.807, 2.05) is 0 Å². The van der Waals surface area contributed by atoms with Crippen LogP contribution in [-0.2, 0) is 9.53 Å². The molecule has 126 valence electrons. The highest BCUT2D eigenvalue weighted by Gasteiger charge is 2.31. The topological polar surface area (TPSA) is 112 Å². The first kappa shape index (κ1) is 15.9. The van der Waals surface area contributed by atoms with Gasteiger partial charge in [-0.1, -0.05) is 0 Å². The fourth-order valence-electron chi connectivity index (χ4n) is 2.87. The van der Waals surface area contributed by atoms with E-state index in [4.69, 9.17) is 9.84 Å². The van der Waals surface area contributed by atoms with Gasteiger partial charge in [-0.05, 0) is 24.6 Å². The molecule has 0 radical (unpaired) electrons. The fraction of sp³-hybridized carbons (Fsp3) is 0.312. The number of hydrogen-bond donors (Lipinski definition) is 3. The lowest BCUT2D eigenvalue weighted by Crippen LogP contribution is -2.33. The Kier molecular flexibility index (Phi) is 4.11. The van der Waals surface area contributed by atoms with Gasteiger partial charge < -0.3 is 25.0 Å². The van der Waals surface area contributed by atoms with Crippen molar-refractivity contribution in [1.82, 2.24) is 9.88 Å². The van der Waals surface area contributed by atoms with Crippen molar-refractivity contribution < 1.29 is 24.2 Å². The molecular weight excluding hydrogens is 314 g/mol. The van der Waals surface area contributed by atoms with E-state index < -0.39 is 17.9 Å². The van der Waals surface area contributed by atoms with E-state index in [0.717, 1.165) is 0 Å². The van der Waals surface area contributed by atoms with Crippen LogP contribution in [0.1, 0.15) is 16.8 Å². The Morgan fingerprint density at radius 1 is 1.38 bits per heavy atom. The molecule has 1 aliphatic heterocycles. The average Bonchev–Trinajstić information content (AvgIpc) is 3.22. The molecule has 1 fully saturated rings. The molecule has 3 N–H and O–H groups in total. The van der Waals surface area contributed by atoms with Gasteiger partial charge in [0.2, 0.25) is 0 Å². The molecule has 0 spiro atoms. The molecule has 1 atom stereocenters. The molecule has 1 saturated heterocycles. The van der Waals surface area contributed by atoms with Gasteiger partial charge in [0.25, 0.3) is 0 Å². The van der Waals surface area contributed by atoms with E-state index in [1.54, 1.807) is 24.4 Å². The zero-order valence-corrected chi connectivity index (χ0v) is 13.0. The number of esters is 1. The Morgan fingerprint density at radius 3 is 2.83 bits per heavy atom. The number of carbonyl (C=O) groups is 3. The number of benzene rings is 1. The lowest BCUT2D eigenvalue weighted by Gasteiger charge is -2.17. The number of nitrogens with zero attached hydrogens (tertiary/aromatic N) is 1. The number of H-pyrrole nitrogens is 1. The fourth-order valence-corrected chi connectivity index (χ4v) is 2.87. The van der Waals surface area contributed by atoms with Crippen molar-refractivity contribution in [3.8, 4) is 0 Å². The van der Waals surface area contributed by atoms with Crippen molar-refractivity contribution in [2.24, 2.45) is 5.92 Å². The van der Waals surface area contributed by atoms with Crippen molar-refractivity contribution in [3.63, 3.8) is 0 Å². The minimum atomic E-state index is -0.897. The molecule has 1 aliphatic rings. The molecule has 2 amide bonds. The van der Waals surface area contributed by atoms with E-state index in [1.165, 1.54) is 12.0 Å². The van der Waals surface area contributed by atoms with Crippen molar-refractivity contribution in [1.29, 1.82) is 0 Å². The number of methoxy groups -OCH3 is 1. The second-order valence-electron chi connectivity index (χ2n) is 5.65. The summed E-state index contributed by atoms with van der Waals surface area (Å²) in [5.41, 5.74) is 1.48. The Balaban J connectivity index is 1.81. The quantitative estimate of drug-likeness (QED) is 0.744. The van der Waals surface area contributed by atoms with Crippen LogP contribution in [0.15, 0.2) is 24.4 Å². The molecule has 0 bridgehead atoms. The molecule has 1 unspecified atom stereocenters. The summed E-state index contributed by atoms with van der Waals surface area (Å²) >= 11 is 0. The summed E-state index contributed by atoms with van der Waals surface area (Å²) in [6.45, 7) is 0.563. The lowest BCUT2D eigenvalue weighted by molar-refractivity contribution is -0.141. The average molecular weight is 331 g/mol. The first-order chi connectivity index (χ1) is 11.5. The standard InChI is InChI=1S/C16H17N3O5/c1-24-15(22)12-6-10(7-13-11(12)2-4-17-13)18-16(23)19-5-3-9(8-19)14(20)21/h2,4,6-7,9,17H,3,5,8H2,1H3,(H,18,23)(H,20,21). The first-order valence-corrected chi connectivity index (χ1v) is 7.47. The number of urea groups is 1. The number of fused-ring (bicyclic) bond motifs is 1. The maximum absolute atomic E-state index is 12.3. The molecule has 8 nitrogen and oxygen atoms in total. The van der Waals surface area contributed by atoms with Gasteiger partial charge in [0.15, 0.2) is 0 Å². The van der Waals surface area contributed by atoms with Gasteiger partial charge in [0, 0.05) is 35.9 Å². The van der Waals surface area contributed by atoms with Crippen LogP contribution in [-0.4, -0.2) is 53.2 Å². The monoisotopic (exact) mass is 331 g/mol. The summed E-state index contributed by atoms with van der Waals surface area (Å²) in [6, 6.07) is 4.63. The summed E-state index contributed by atoms with van der Waals surface area (Å²) in [7, 11) is 1.29. The predicted molar refractivity (Wildman–Crippen MR) is 86.0 cm³/mol.